The molecule has 0 unspecified atom stereocenters. The summed E-state index contributed by atoms with van der Waals surface area (Å²) in [6.45, 7) is 9.39. The highest BCUT2D eigenvalue weighted by Crippen LogP contribution is 2.23. The van der Waals surface area contributed by atoms with Crippen molar-refractivity contribution in [1.29, 1.82) is 0 Å². The van der Waals surface area contributed by atoms with Gasteiger partial charge < -0.3 is 14.6 Å². The molecular formula is C23H27N7O2. The number of fused-ring (bicyclic) bond motifs is 2. The van der Waals surface area contributed by atoms with E-state index in [0.717, 1.165) is 61.9 Å². The van der Waals surface area contributed by atoms with Gasteiger partial charge in [-0.3, -0.25) is 14.7 Å². The Bertz CT molecular complexity index is 1340. The Morgan fingerprint density at radius 1 is 1.09 bits per heavy atom. The molecule has 4 aromatic rings. The first-order chi connectivity index (χ1) is 15.5. The molecule has 1 fully saturated rings. The van der Waals surface area contributed by atoms with Gasteiger partial charge in [0.1, 0.15) is 5.69 Å². The maximum Gasteiger partial charge on any atom is 0.259 e. The van der Waals surface area contributed by atoms with Crippen molar-refractivity contribution in [2.45, 2.75) is 13.8 Å². The lowest BCUT2D eigenvalue weighted by molar-refractivity contribution is 0.144. The molecule has 0 amide bonds. The SMILES string of the molecule is COCCN1CCN(c2ccc3nc(-c4cc5c(C)nc(C)cn5n4)[nH]c(=O)c3c2)CC1. The molecule has 166 valence electrons. The molecular weight excluding hydrogens is 406 g/mol. The molecule has 0 aliphatic carbocycles. The van der Waals surface area contributed by atoms with E-state index in [-0.39, 0.29) is 5.56 Å². The van der Waals surface area contributed by atoms with Crippen molar-refractivity contribution in [1.82, 2.24) is 29.5 Å². The molecule has 32 heavy (non-hydrogen) atoms. The Morgan fingerprint density at radius 2 is 1.91 bits per heavy atom. The van der Waals surface area contributed by atoms with Gasteiger partial charge in [0.05, 0.1) is 40.6 Å². The van der Waals surface area contributed by atoms with Crippen LogP contribution in [0.3, 0.4) is 0 Å². The van der Waals surface area contributed by atoms with Crippen LogP contribution in [0.15, 0.2) is 35.3 Å². The number of hydrogen-bond acceptors (Lipinski definition) is 7. The van der Waals surface area contributed by atoms with Gasteiger partial charge in [-0.25, -0.2) is 9.50 Å². The number of methoxy groups -OCH3 is 1. The summed E-state index contributed by atoms with van der Waals surface area (Å²) >= 11 is 0. The zero-order valence-corrected chi connectivity index (χ0v) is 18.6. The first-order valence-electron chi connectivity index (χ1n) is 10.9. The average Bonchev–Trinajstić information content (AvgIpc) is 3.22. The number of nitrogens with one attached hydrogen (secondary N) is 1. The van der Waals surface area contributed by atoms with E-state index >= 15 is 0 Å². The second kappa shape index (κ2) is 8.33. The Morgan fingerprint density at radius 3 is 2.69 bits per heavy atom. The molecule has 1 aliphatic heterocycles. The molecule has 4 heterocycles. The van der Waals surface area contributed by atoms with Gasteiger partial charge in [-0.15, -0.1) is 0 Å². The van der Waals surface area contributed by atoms with E-state index in [4.69, 9.17) is 9.72 Å². The van der Waals surface area contributed by atoms with Gasteiger partial charge in [0.15, 0.2) is 5.82 Å². The number of anilines is 1. The van der Waals surface area contributed by atoms with Crippen molar-refractivity contribution in [3.63, 3.8) is 0 Å². The first kappa shape index (κ1) is 20.6. The largest absolute Gasteiger partial charge is 0.383 e. The van der Waals surface area contributed by atoms with Crippen molar-refractivity contribution in [2.75, 3.05) is 51.3 Å². The predicted octanol–water partition coefficient (Wildman–Crippen LogP) is 2.02. The zero-order chi connectivity index (χ0) is 22.2. The third kappa shape index (κ3) is 3.85. The highest BCUT2D eigenvalue weighted by Gasteiger charge is 2.18. The lowest BCUT2D eigenvalue weighted by Crippen LogP contribution is -2.47. The fourth-order valence-electron chi connectivity index (χ4n) is 4.30. The quantitative estimate of drug-likeness (QED) is 0.515. The normalized spacial score (nSPS) is 15.2. The molecule has 0 bridgehead atoms. The fraction of sp³-hybridized carbons (Fsp3) is 0.391. The zero-order valence-electron chi connectivity index (χ0n) is 18.6. The van der Waals surface area contributed by atoms with Gasteiger partial charge in [-0.05, 0) is 38.1 Å². The number of ether oxygens (including phenoxy) is 1. The number of aromatic amines is 1. The Labute approximate surface area is 185 Å². The van der Waals surface area contributed by atoms with Gasteiger partial charge in [-0.2, -0.15) is 5.10 Å². The van der Waals surface area contributed by atoms with Crippen LogP contribution in [0.25, 0.3) is 27.9 Å². The summed E-state index contributed by atoms with van der Waals surface area (Å²) in [4.78, 5) is 29.7. The lowest BCUT2D eigenvalue weighted by atomic mass is 10.2. The van der Waals surface area contributed by atoms with Crippen LogP contribution in [0, 0.1) is 13.8 Å². The van der Waals surface area contributed by atoms with Gasteiger partial charge >= 0.3 is 0 Å². The summed E-state index contributed by atoms with van der Waals surface area (Å²) in [7, 11) is 1.73. The van der Waals surface area contributed by atoms with E-state index in [2.05, 4.69) is 24.9 Å². The second-order valence-electron chi connectivity index (χ2n) is 8.26. The number of nitrogens with zero attached hydrogens (tertiary/aromatic N) is 6. The van der Waals surface area contributed by atoms with Crippen molar-refractivity contribution in [3.05, 3.63) is 52.2 Å². The highest BCUT2D eigenvalue weighted by atomic mass is 16.5. The first-order valence-corrected chi connectivity index (χ1v) is 10.9. The van der Waals surface area contributed by atoms with E-state index in [1.54, 1.807) is 11.6 Å². The van der Waals surface area contributed by atoms with Crippen LogP contribution >= 0.6 is 0 Å². The molecule has 9 nitrogen and oxygen atoms in total. The number of piperazine rings is 1. The summed E-state index contributed by atoms with van der Waals surface area (Å²) < 4.78 is 6.96. The van der Waals surface area contributed by atoms with Crippen LogP contribution in [-0.2, 0) is 4.74 Å². The molecule has 0 spiro atoms. The van der Waals surface area contributed by atoms with Gasteiger partial charge in [0.2, 0.25) is 0 Å². The van der Waals surface area contributed by atoms with Crippen LogP contribution < -0.4 is 10.5 Å². The fourth-order valence-corrected chi connectivity index (χ4v) is 4.30. The van der Waals surface area contributed by atoms with Crippen molar-refractivity contribution in [2.24, 2.45) is 0 Å². The van der Waals surface area contributed by atoms with Gasteiger partial charge in [0.25, 0.3) is 5.56 Å². The Balaban J connectivity index is 1.43. The Hall–Kier alpha value is -3.30. The molecule has 0 radical (unpaired) electrons. The second-order valence-corrected chi connectivity index (χ2v) is 8.26. The molecule has 1 aliphatic rings. The van der Waals surface area contributed by atoms with E-state index in [9.17, 15) is 4.79 Å². The summed E-state index contributed by atoms with van der Waals surface area (Å²) in [5.41, 5.74) is 4.84. The number of rotatable bonds is 5. The third-order valence-corrected chi connectivity index (χ3v) is 6.04. The summed E-state index contributed by atoms with van der Waals surface area (Å²) in [6, 6.07) is 7.82. The van der Waals surface area contributed by atoms with Crippen LogP contribution in [-0.4, -0.2) is 75.9 Å². The van der Waals surface area contributed by atoms with E-state index in [0.29, 0.717) is 22.4 Å². The molecule has 0 atom stereocenters. The summed E-state index contributed by atoms with van der Waals surface area (Å²) in [6.07, 6.45) is 1.87. The molecule has 1 N–H and O–H groups in total. The van der Waals surface area contributed by atoms with Crippen molar-refractivity contribution < 1.29 is 4.74 Å². The molecule has 1 aromatic carbocycles. The smallest absolute Gasteiger partial charge is 0.259 e. The number of hydrogen-bond donors (Lipinski definition) is 1. The van der Waals surface area contributed by atoms with Crippen molar-refractivity contribution in [3.8, 4) is 11.5 Å². The van der Waals surface area contributed by atoms with Crippen molar-refractivity contribution >= 4 is 22.1 Å². The Kier molecular flexibility index (Phi) is 5.36. The number of benzene rings is 1. The van der Waals surface area contributed by atoms with Gasteiger partial charge in [0, 0.05) is 45.5 Å². The van der Waals surface area contributed by atoms with Crippen LogP contribution in [0.2, 0.25) is 0 Å². The van der Waals surface area contributed by atoms with Crippen LogP contribution in [0.1, 0.15) is 11.4 Å². The monoisotopic (exact) mass is 433 g/mol. The summed E-state index contributed by atoms with van der Waals surface area (Å²) in [5.74, 6) is 0.461. The van der Waals surface area contributed by atoms with Gasteiger partial charge in [-0.1, -0.05) is 0 Å². The minimum Gasteiger partial charge on any atom is -0.383 e. The number of aromatic nitrogens is 5. The topological polar surface area (TPSA) is 91.7 Å². The van der Waals surface area contributed by atoms with E-state index in [1.165, 1.54) is 0 Å². The molecule has 0 saturated carbocycles. The molecule has 5 rings (SSSR count). The molecule has 9 heteroatoms. The average molecular weight is 434 g/mol. The van der Waals surface area contributed by atoms with E-state index in [1.807, 2.05) is 44.3 Å². The maximum absolute atomic E-state index is 12.9. The molecule has 3 aromatic heterocycles. The highest BCUT2D eigenvalue weighted by molar-refractivity contribution is 5.83. The molecule has 1 saturated heterocycles. The standard InChI is InChI=1S/C23H27N7O2/c1-15-14-30-21(16(2)24-15)13-20(27-30)22-25-19-5-4-17(12-18(19)23(31)26-22)29-8-6-28(7-9-29)10-11-32-3/h4-5,12-14H,6-11H2,1-3H3,(H,25,26,31). The predicted molar refractivity (Wildman–Crippen MR) is 124 cm³/mol. The lowest BCUT2D eigenvalue weighted by Gasteiger charge is -2.36. The van der Waals surface area contributed by atoms with E-state index < -0.39 is 0 Å². The minimum absolute atomic E-state index is 0.159. The maximum atomic E-state index is 12.9. The number of H-pyrrole nitrogens is 1. The summed E-state index contributed by atoms with van der Waals surface area (Å²) in [5, 5.41) is 5.18. The minimum atomic E-state index is -0.159. The van der Waals surface area contributed by atoms with Crippen LogP contribution in [0.5, 0.6) is 0 Å². The third-order valence-electron chi connectivity index (χ3n) is 6.04. The van der Waals surface area contributed by atoms with Crippen LogP contribution in [0.4, 0.5) is 5.69 Å². The number of aryl methyl sites for hydroxylation is 2.